The number of fused-ring (bicyclic) bond motifs is 1. The molecule has 1 aromatic carbocycles. The number of hydrogen-bond donors (Lipinski definition) is 1. The van der Waals surface area contributed by atoms with E-state index in [4.69, 9.17) is 5.14 Å². The fourth-order valence-electron chi connectivity index (χ4n) is 2.69. The number of nitrogens with two attached hydrogens (primary N) is 1. The Morgan fingerprint density at radius 1 is 1.19 bits per heavy atom. The number of benzene rings is 1. The molecule has 0 aliphatic carbocycles. The standard InChI is InChI=1S/C13H17N3O3S2/c14-21(18,19)16-7-5-15(6-8-16)13(17)12-9-10-3-1-2-4-11(10)20-12/h1-4,12H,5-9H2,(H2,14,18,19). The highest BCUT2D eigenvalue weighted by Crippen LogP contribution is 2.37. The van der Waals surface area contributed by atoms with Crippen LogP contribution in [0.25, 0.3) is 0 Å². The summed E-state index contributed by atoms with van der Waals surface area (Å²) in [6, 6.07) is 8.04. The summed E-state index contributed by atoms with van der Waals surface area (Å²) in [5, 5.41) is 5.01. The summed E-state index contributed by atoms with van der Waals surface area (Å²) in [7, 11) is -3.65. The molecule has 0 bridgehead atoms. The van der Waals surface area contributed by atoms with Crippen LogP contribution in [0, 0.1) is 0 Å². The van der Waals surface area contributed by atoms with Crippen LogP contribution in [0.2, 0.25) is 0 Å². The van der Waals surface area contributed by atoms with E-state index in [9.17, 15) is 13.2 Å². The minimum atomic E-state index is -3.65. The monoisotopic (exact) mass is 327 g/mol. The summed E-state index contributed by atoms with van der Waals surface area (Å²) in [6.45, 7) is 1.36. The number of hydrogen-bond acceptors (Lipinski definition) is 4. The fourth-order valence-corrected chi connectivity index (χ4v) is 4.64. The molecule has 1 aromatic rings. The third-order valence-electron chi connectivity index (χ3n) is 3.83. The molecule has 0 spiro atoms. The molecule has 1 saturated heterocycles. The van der Waals surface area contributed by atoms with Gasteiger partial charge in [-0.25, -0.2) is 5.14 Å². The normalized spacial score (nSPS) is 23.1. The van der Waals surface area contributed by atoms with Crippen LogP contribution in [0.15, 0.2) is 29.2 Å². The maximum Gasteiger partial charge on any atom is 0.277 e. The first-order chi connectivity index (χ1) is 9.95. The topological polar surface area (TPSA) is 83.7 Å². The third-order valence-corrected chi connectivity index (χ3v) is 6.22. The smallest absolute Gasteiger partial charge is 0.277 e. The van der Waals surface area contributed by atoms with Gasteiger partial charge in [-0.3, -0.25) is 4.79 Å². The van der Waals surface area contributed by atoms with Crippen LogP contribution in [0.4, 0.5) is 0 Å². The van der Waals surface area contributed by atoms with Crippen LogP contribution in [0.1, 0.15) is 5.56 Å². The largest absolute Gasteiger partial charge is 0.339 e. The van der Waals surface area contributed by atoms with Crippen molar-refractivity contribution in [3.63, 3.8) is 0 Å². The summed E-state index contributed by atoms with van der Waals surface area (Å²) in [5.74, 6) is 0.0882. The number of rotatable bonds is 2. The number of carbonyl (C=O) groups is 1. The van der Waals surface area contributed by atoms with Gasteiger partial charge in [0.2, 0.25) is 5.91 Å². The predicted molar refractivity (Wildman–Crippen MR) is 81.1 cm³/mol. The van der Waals surface area contributed by atoms with Crippen molar-refractivity contribution in [3.8, 4) is 0 Å². The summed E-state index contributed by atoms with van der Waals surface area (Å²) >= 11 is 1.60. The number of piperazine rings is 1. The molecule has 114 valence electrons. The van der Waals surface area contributed by atoms with Crippen LogP contribution in [0.3, 0.4) is 0 Å². The Bertz CT molecular complexity index is 629. The molecule has 0 radical (unpaired) electrons. The minimum absolute atomic E-state index is 0.0882. The first-order valence-electron chi connectivity index (χ1n) is 6.76. The molecule has 6 nitrogen and oxygen atoms in total. The van der Waals surface area contributed by atoms with Crippen molar-refractivity contribution in [2.24, 2.45) is 5.14 Å². The molecule has 0 aromatic heterocycles. The van der Waals surface area contributed by atoms with E-state index in [2.05, 4.69) is 6.07 Å². The van der Waals surface area contributed by atoms with Crippen LogP contribution in [-0.2, 0) is 21.4 Å². The number of nitrogens with zero attached hydrogens (tertiary/aromatic N) is 2. The highest BCUT2D eigenvalue weighted by Gasteiger charge is 2.34. The molecule has 1 unspecified atom stereocenters. The Morgan fingerprint density at radius 2 is 1.86 bits per heavy atom. The first-order valence-corrected chi connectivity index (χ1v) is 9.14. The van der Waals surface area contributed by atoms with E-state index >= 15 is 0 Å². The maximum atomic E-state index is 12.5. The van der Waals surface area contributed by atoms with E-state index in [1.54, 1.807) is 16.7 Å². The van der Waals surface area contributed by atoms with Crippen LogP contribution >= 0.6 is 11.8 Å². The molecular formula is C13H17N3O3S2. The van der Waals surface area contributed by atoms with E-state index in [1.165, 1.54) is 14.8 Å². The number of carbonyl (C=O) groups excluding carboxylic acids is 1. The lowest BCUT2D eigenvalue weighted by Gasteiger charge is -2.34. The molecule has 2 aliphatic rings. The first kappa shape index (κ1) is 14.8. The van der Waals surface area contributed by atoms with E-state index in [1.807, 2.05) is 18.2 Å². The molecule has 2 aliphatic heterocycles. The van der Waals surface area contributed by atoms with Crippen LogP contribution < -0.4 is 5.14 Å². The molecule has 1 atom stereocenters. The molecular weight excluding hydrogens is 310 g/mol. The highest BCUT2D eigenvalue weighted by atomic mass is 32.2. The average molecular weight is 327 g/mol. The van der Waals surface area contributed by atoms with E-state index < -0.39 is 10.2 Å². The Hall–Kier alpha value is -1.09. The van der Waals surface area contributed by atoms with Crippen molar-refractivity contribution in [2.45, 2.75) is 16.6 Å². The highest BCUT2D eigenvalue weighted by molar-refractivity contribution is 8.01. The molecule has 8 heteroatoms. The summed E-state index contributed by atoms with van der Waals surface area (Å²) in [5.41, 5.74) is 1.21. The van der Waals surface area contributed by atoms with E-state index in [0.717, 1.165) is 6.42 Å². The second kappa shape index (κ2) is 5.60. The number of amides is 1. The van der Waals surface area contributed by atoms with Crippen molar-refractivity contribution < 1.29 is 13.2 Å². The van der Waals surface area contributed by atoms with E-state index in [0.29, 0.717) is 13.1 Å². The van der Waals surface area contributed by atoms with Gasteiger partial charge in [0.25, 0.3) is 10.2 Å². The van der Waals surface area contributed by atoms with Gasteiger partial charge in [0.1, 0.15) is 0 Å². The molecule has 1 amide bonds. The van der Waals surface area contributed by atoms with Gasteiger partial charge >= 0.3 is 0 Å². The van der Waals surface area contributed by atoms with Gasteiger partial charge in [0.15, 0.2) is 0 Å². The van der Waals surface area contributed by atoms with Gasteiger partial charge in [-0.05, 0) is 18.1 Å². The Balaban J connectivity index is 1.61. The van der Waals surface area contributed by atoms with E-state index in [-0.39, 0.29) is 24.2 Å². The zero-order valence-corrected chi connectivity index (χ0v) is 13.1. The predicted octanol–water partition coefficient (Wildman–Crippen LogP) is 0.0511. The molecule has 2 heterocycles. The second-order valence-electron chi connectivity index (χ2n) is 5.19. The van der Waals surface area contributed by atoms with Gasteiger partial charge in [0, 0.05) is 31.1 Å². The lowest BCUT2D eigenvalue weighted by atomic mass is 10.1. The van der Waals surface area contributed by atoms with Crippen molar-refractivity contribution in [2.75, 3.05) is 26.2 Å². The molecule has 0 saturated carbocycles. The van der Waals surface area contributed by atoms with Crippen molar-refractivity contribution in [1.29, 1.82) is 0 Å². The minimum Gasteiger partial charge on any atom is -0.339 e. The van der Waals surface area contributed by atoms with Gasteiger partial charge in [-0.2, -0.15) is 12.7 Å². The van der Waals surface area contributed by atoms with Crippen molar-refractivity contribution >= 4 is 27.9 Å². The SMILES string of the molecule is NS(=O)(=O)N1CCN(C(=O)C2Cc3ccccc3S2)CC1. The number of thioether (sulfide) groups is 1. The third kappa shape index (κ3) is 3.08. The molecule has 1 fully saturated rings. The zero-order chi connectivity index (χ0) is 15.0. The van der Waals surface area contributed by atoms with Gasteiger partial charge < -0.3 is 4.90 Å². The van der Waals surface area contributed by atoms with Crippen LogP contribution in [-0.4, -0.2) is 55.0 Å². The van der Waals surface area contributed by atoms with Gasteiger partial charge in [-0.15, -0.1) is 11.8 Å². The summed E-state index contributed by atoms with van der Waals surface area (Å²) < 4.78 is 23.7. The van der Waals surface area contributed by atoms with Crippen LogP contribution in [0.5, 0.6) is 0 Å². The second-order valence-corrected chi connectivity index (χ2v) is 7.98. The lowest BCUT2D eigenvalue weighted by molar-refractivity contribution is -0.131. The lowest BCUT2D eigenvalue weighted by Crippen LogP contribution is -2.53. The fraction of sp³-hybridized carbons (Fsp3) is 0.462. The van der Waals surface area contributed by atoms with Gasteiger partial charge in [-0.1, -0.05) is 18.2 Å². The molecule has 21 heavy (non-hydrogen) atoms. The molecule has 2 N–H and O–H groups in total. The Kier molecular flexibility index (Phi) is 3.96. The van der Waals surface area contributed by atoms with Gasteiger partial charge in [0.05, 0.1) is 5.25 Å². The maximum absolute atomic E-state index is 12.5. The summed E-state index contributed by atoms with van der Waals surface area (Å²) in [6.07, 6.45) is 0.745. The zero-order valence-electron chi connectivity index (χ0n) is 11.4. The van der Waals surface area contributed by atoms with Crippen molar-refractivity contribution in [3.05, 3.63) is 29.8 Å². The van der Waals surface area contributed by atoms with Crippen molar-refractivity contribution in [1.82, 2.24) is 9.21 Å². The summed E-state index contributed by atoms with van der Waals surface area (Å²) in [4.78, 5) is 15.4. The average Bonchev–Trinajstić information content (AvgIpc) is 2.89. The Morgan fingerprint density at radius 3 is 2.48 bits per heavy atom. The Labute approximate surface area is 128 Å². The quantitative estimate of drug-likeness (QED) is 0.832. The molecule has 3 rings (SSSR count).